The third-order valence-electron chi connectivity index (χ3n) is 2.94. The summed E-state index contributed by atoms with van der Waals surface area (Å²) in [6.45, 7) is 1.54. The van der Waals surface area contributed by atoms with Crippen LogP contribution in [-0.2, 0) is 6.42 Å². The first kappa shape index (κ1) is 13.0. The van der Waals surface area contributed by atoms with Crippen molar-refractivity contribution in [3.8, 4) is 0 Å². The predicted molar refractivity (Wildman–Crippen MR) is 72.3 cm³/mol. The van der Waals surface area contributed by atoms with E-state index in [0.29, 0.717) is 12.0 Å². The van der Waals surface area contributed by atoms with Crippen molar-refractivity contribution in [2.75, 3.05) is 0 Å². The van der Waals surface area contributed by atoms with E-state index in [0.717, 1.165) is 11.1 Å². The van der Waals surface area contributed by atoms with Crippen molar-refractivity contribution >= 4 is 11.5 Å². The number of rotatable bonds is 4. The summed E-state index contributed by atoms with van der Waals surface area (Å²) in [6, 6.07) is 13.8. The lowest BCUT2D eigenvalue weighted by Crippen LogP contribution is -2.00. The Morgan fingerprint density at radius 2 is 1.74 bits per heavy atom. The van der Waals surface area contributed by atoms with E-state index in [4.69, 9.17) is 0 Å². The number of nitro benzene ring substituents is 1. The van der Waals surface area contributed by atoms with Gasteiger partial charge < -0.3 is 0 Å². The number of ketones is 1. The van der Waals surface area contributed by atoms with Crippen LogP contribution in [0.5, 0.6) is 0 Å². The molecule has 4 nitrogen and oxygen atoms in total. The monoisotopic (exact) mass is 255 g/mol. The van der Waals surface area contributed by atoms with Crippen LogP contribution in [0.3, 0.4) is 0 Å². The zero-order valence-electron chi connectivity index (χ0n) is 10.5. The van der Waals surface area contributed by atoms with Gasteiger partial charge in [0, 0.05) is 17.7 Å². The number of nitro groups is 1. The largest absolute Gasteiger partial charge is 0.295 e. The standard InChI is InChI=1S/C15H13NO3/c1-11(17)15-5-3-2-4-13(15)10-12-6-8-14(9-7-12)16(18)19/h2-9H,10H2,1H3. The molecule has 0 atom stereocenters. The molecule has 0 bridgehead atoms. The molecule has 19 heavy (non-hydrogen) atoms. The first-order chi connectivity index (χ1) is 9.08. The highest BCUT2D eigenvalue weighted by Gasteiger charge is 2.08. The summed E-state index contributed by atoms with van der Waals surface area (Å²) in [5.74, 6) is 0.0255. The summed E-state index contributed by atoms with van der Waals surface area (Å²) >= 11 is 0. The Bertz CT molecular complexity index is 618. The van der Waals surface area contributed by atoms with Gasteiger partial charge in [-0.05, 0) is 24.5 Å². The Morgan fingerprint density at radius 1 is 1.11 bits per heavy atom. The highest BCUT2D eigenvalue weighted by molar-refractivity contribution is 5.95. The summed E-state index contributed by atoms with van der Waals surface area (Å²) < 4.78 is 0. The smallest absolute Gasteiger partial charge is 0.269 e. The number of nitrogens with zero attached hydrogens (tertiary/aromatic N) is 1. The van der Waals surface area contributed by atoms with Crippen molar-refractivity contribution in [3.05, 3.63) is 75.3 Å². The molecule has 0 fully saturated rings. The molecular weight excluding hydrogens is 242 g/mol. The van der Waals surface area contributed by atoms with Crippen molar-refractivity contribution in [3.63, 3.8) is 0 Å². The van der Waals surface area contributed by atoms with Crippen molar-refractivity contribution in [1.29, 1.82) is 0 Å². The van der Waals surface area contributed by atoms with Gasteiger partial charge in [-0.2, -0.15) is 0 Å². The molecule has 2 aromatic rings. The Morgan fingerprint density at radius 3 is 2.32 bits per heavy atom. The second-order valence-electron chi connectivity index (χ2n) is 4.31. The van der Waals surface area contributed by atoms with Gasteiger partial charge in [0.1, 0.15) is 0 Å². The van der Waals surface area contributed by atoms with E-state index < -0.39 is 4.92 Å². The lowest BCUT2D eigenvalue weighted by Gasteiger charge is -2.06. The lowest BCUT2D eigenvalue weighted by atomic mass is 9.98. The first-order valence-electron chi connectivity index (χ1n) is 5.90. The van der Waals surface area contributed by atoms with Gasteiger partial charge in [0.25, 0.3) is 5.69 Å². The third kappa shape index (κ3) is 3.04. The molecule has 0 aromatic heterocycles. The molecule has 0 heterocycles. The summed E-state index contributed by atoms with van der Waals surface area (Å²) in [4.78, 5) is 21.7. The van der Waals surface area contributed by atoms with Gasteiger partial charge in [0.05, 0.1) is 4.92 Å². The Hall–Kier alpha value is -2.49. The average Bonchev–Trinajstić information content (AvgIpc) is 2.39. The number of non-ortho nitro benzene ring substituents is 1. The van der Waals surface area contributed by atoms with Crippen LogP contribution in [0, 0.1) is 10.1 Å². The number of carbonyl (C=O) groups excluding carboxylic acids is 1. The molecule has 0 radical (unpaired) electrons. The van der Waals surface area contributed by atoms with E-state index in [1.165, 1.54) is 19.1 Å². The summed E-state index contributed by atoms with van der Waals surface area (Å²) in [6.07, 6.45) is 0.591. The number of hydrogen-bond donors (Lipinski definition) is 0. The van der Waals surface area contributed by atoms with Crippen LogP contribution < -0.4 is 0 Å². The van der Waals surface area contributed by atoms with Crippen molar-refractivity contribution in [1.82, 2.24) is 0 Å². The zero-order chi connectivity index (χ0) is 13.8. The fraction of sp³-hybridized carbons (Fsp3) is 0.133. The van der Waals surface area contributed by atoms with Crippen molar-refractivity contribution in [2.45, 2.75) is 13.3 Å². The highest BCUT2D eigenvalue weighted by Crippen LogP contribution is 2.17. The van der Waals surface area contributed by atoms with Gasteiger partial charge in [0.15, 0.2) is 5.78 Å². The fourth-order valence-electron chi connectivity index (χ4n) is 1.97. The van der Waals surface area contributed by atoms with E-state index in [1.807, 2.05) is 18.2 Å². The Kier molecular flexibility index (Phi) is 3.71. The second kappa shape index (κ2) is 5.44. The summed E-state index contributed by atoms with van der Waals surface area (Å²) in [5.41, 5.74) is 2.65. The first-order valence-corrected chi connectivity index (χ1v) is 5.90. The number of benzene rings is 2. The van der Waals surface area contributed by atoms with Gasteiger partial charge in [-0.1, -0.05) is 36.4 Å². The fourth-order valence-corrected chi connectivity index (χ4v) is 1.97. The second-order valence-corrected chi connectivity index (χ2v) is 4.31. The molecule has 0 saturated heterocycles. The molecule has 4 heteroatoms. The molecule has 0 aliphatic carbocycles. The minimum atomic E-state index is -0.423. The molecule has 2 rings (SSSR count). The van der Waals surface area contributed by atoms with Crippen LogP contribution in [-0.4, -0.2) is 10.7 Å². The van der Waals surface area contributed by atoms with Crippen molar-refractivity contribution < 1.29 is 9.72 Å². The molecule has 2 aromatic carbocycles. The topological polar surface area (TPSA) is 60.2 Å². The molecule has 0 aliphatic heterocycles. The maximum absolute atomic E-state index is 11.5. The molecule has 0 aliphatic rings. The van der Waals surface area contributed by atoms with Crippen molar-refractivity contribution in [2.24, 2.45) is 0 Å². The lowest BCUT2D eigenvalue weighted by molar-refractivity contribution is -0.384. The average molecular weight is 255 g/mol. The zero-order valence-corrected chi connectivity index (χ0v) is 10.5. The van der Waals surface area contributed by atoms with E-state index >= 15 is 0 Å². The molecule has 96 valence electrons. The van der Waals surface area contributed by atoms with E-state index in [9.17, 15) is 14.9 Å². The Balaban J connectivity index is 2.26. The van der Waals surface area contributed by atoms with Crippen LogP contribution in [0.2, 0.25) is 0 Å². The maximum Gasteiger partial charge on any atom is 0.269 e. The highest BCUT2D eigenvalue weighted by atomic mass is 16.6. The maximum atomic E-state index is 11.5. The van der Waals surface area contributed by atoms with Crippen LogP contribution in [0.25, 0.3) is 0 Å². The van der Waals surface area contributed by atoms with Gasteiger partial charge >= 0.3 is 0 Å². The Labute approximate surface area is 110 Å². The minimum Gasteiger partial charge on any atom is -0.295 e. The van der Waals surface area contributed by atoms with E-state index in [-0.39, 0.29) is 11.5 Å². The number of carbonyl (C=O) groups is 1. The van der Waals surface area contributed by atoms with Gasteiger partial charge in [-0.25, -0.2) is 0 Å². The van der Waals surface area contributed by atoms with Crippen LogP contribution in [0.1, 0.15) is 28.4 Å². The molecule has 0 saturated carbocycles. The SMILES string of the molecule is CC(=O)c1ccccc1Cc1ccc([N+](=O)[O-])cc1. The van der Waals surface area contributed by atoms with Gasteiger partial charge in [0.2, 0.25) is 0 Å². The third-order valence-corrected chi connectivity index (χ3v) is 2.94. The van der Waals surface area contributed by atoms with Crippen LogP contribution in [0.15, 0.2) is 48.5 Å². The quantitative estimate of drug-likeness (QED) is 0.478. The molecular formula is C15H13NO3. The summed E-state index contributed by atoms with van der Waals surface area (Å²) in [7, 11) is 0. The van der Waals surface area contributed by atoms with Gasteiger partial charge in [-0.15, -0.1) is 0 Å². The molecule has 0 N–H and O–H groups in total. The van der Waals surface area contributed by atoms with Gasteiger partial charge in [-0.3, -0.25) is 14.9 Å². The predicted octanol–water partition coefficient (Wildman–Crippen LogP) is 3.39. The molecule has 0 amide bonds. The molecule has 0 unspecified atom stereocenters. The van der Waals surface area contributed by atoms with Crippen LogP contribution >= 0.6 is 0 Å². The number of Topliss-reactive ketones (excluding diaryl/α,β-unsaturated/α-hetero) is 1. The van der Waals surface area contributed by atoms with E-state index in [1.54, 1.807) is 18.2 Å². The van der Waals surface area contributed by atoms with Crippen LogP contribution in [0.4, 0.5) is 5.69 Å². The number of hydrogen-bond acceptors (Lipinski definition) is 3. The van der Waals surface area contributed by atoms with E-state index in [2.05, 4.69) is 0 Å². The summed E-state index contributed by atoms with van der Waals surface area (Å²) in [5, 5.41) is 10.6. The molecule has 0 spiro atoms. The normalized spacial score (nSPS) is 10.2. The minimum absolute atomic E-state index is 0.0255.